The number of nitrogens with one attached hydrogen (secondary N) is 3. The van der Waals surface area contributed by atoms with Crippen LogP contribution in [0.15, 0.2) is 0 Å². The Bertz CT molecular complexity index is 402. The van der Waals surface area contributed by atoms with Crippen LogP contribution in [0.2, 0.25) is 0 Å². The summed E-state index contributed by atoms with van der Waals surface area (Å²) in [5.74, 6) is 0.689. The third-order valence-corrected chi connectivity index (χ3v) is 5.57. The average Bonchev–Trinajstić information content (AvgIpc) is 2.50. The molecule has 0 aromatic carbocycles. The lowest BCUT2D eigenvalue weighted by Gasteiger charge is -2.47. The first-order chi connectivity index (χ1) is 10.9. The van der Waals surface area contributed by atoms with Crippen molar-refractivity contribution in [3.63, 3.8) is 0 Å². The molecule has 6 nitrogen and oxygen atoms in total. The smallest absolute Gasteiger partial charge is 0.223 e. The summed E-state index contributed by atoms with van der Waals surface area (Å²) >= 11 is 0. The van der Waals surface area contributed by atoms with Gasteiger partial charge in [-0.15, -0.1) is 0 Å². The summed E-state index contributed by atoms with van der Waals surface area (Å²) in [4.78, 5) is 14.1. The Morgan fingerprint density at radius 3 is 2.83 bits per heavy atom. The summed E-state index contributed by atoms with van der Waals surface area (Å²) in [5.41, 5.74) is -0.883. The predicted octanol–water partition coefficient (Wildman–Crippen LogP) is 0.132. The zero-order valence-corrected chi connectivity index (χ0v) is 15.0. The molecule has 134 valence electrons. The molecule has 0 saturated carbocycles. The number of amides is 1. The lowest BCUT2D eigenvalue weighted by molar-refractivity contribution is -0.136. The van der Waals surface area contributed by atoms with E-state index in [4.69, 9.17) is 0 Å². The van der Waals surface area contributed by atoms with Crippen molar-refractivity contribution in [2.24, 2.45) is 11.3 Å². The van der Waals surface area contributed by atoms with Gasteiger partial charge in [-0.25, -0.2) is 0 Å². The standard InChI is InChI=1S/C17H34N4O2/c1-4-18-10-14-5-8-21(15(22)9-14)13-20-12-17(23)6-7-19-11-16(17,2)3/h14,18-20,23H,4-13H2,1-3H3. The minimum Gasteiger partial charge on any atom is -0.388 e. The lowest BCUT2D eigenvalue weighted by Crippen LogP contribution is -2.61. The third kappa shape index (κ3) is 4.66. The van der Waals surface area contributed by atoms with Crippen LogP contribution >= 0.6 is 0 Å². The van der Waals surface area contributed by atoms with Crippen LogP contribution < -0.4 is 16.0 Å². The number of piperidine rings is 2. The summed E-state index contributed by atoms with van der Waals surface area (Å²) in [6.07, 6.45) is 2.43. The molecule has 2 unspecified atom stereocenters. The molecule has 2 aliphatic heterocycles. The topological polar surface area (TPSA) is 76.6 Å². The van der Waals surface area contributed by atoms with Crippen molar-refractivity contribution >= 4 is 5.91 Å². The minimum absolute atomic E-state index is 0.166. The van der Waals surface area contributed by atoms with Gasteiger partial charge >= 0.3 is 0 Å². The van der Waals surface area contributed by atoms with E-state index in [1.54, 1.807) is 0 Å². The van der Waals surface area contributed by atoms with E-state index in [0.717, 1.165) is 45.6 Å². The molecule has 2 aliphatic rings. The Morgan fingerprint density at radius 2 is 2.17 bits per heavy atom. The van der Waals surface area contributed by atoms with E-state index >= 15 is 0 Å². The summed E-state index contributed by atoms with van der Waals surface area (Å²) in [6.45, 7) is 11.7. The first-order valence-electron chi connectivity index (χ1n) is 9.00. The molecule has 2 saturated heterocycles. The number of carbonyl (C=O) groups is 1. The van der Waals surface area contributed by atoms with Gasteiger partial charge in [0.15, 0.2) is 0 Å². The minimum atomic E-state index is -0.718. The molecule has 0 bridgehead atoms. The van der Waals surface area contributed by atoms with Gasteiger partial charge in [0.25, 0.3) is 0 Å². The van der Waals surface area contributed by atoms with Crippen LogP contribution in [0.4, 0.5) is 0 Å². The van der Waals surface area contributed by atoms with E-state index in [2.05, 4.69) is 36.7 Å². The van der Waals surface area contributed by atoms with Gasteiger partial charge in [0, 0.05) is 31.5 Å². The maximum absolute atomic E-state index is 12.2. The third-order valence-electron chi connectivity index (χ3n) is 5.57. The highest BCUT2D eigenvalue weighted by molar-refractivity contribution is 5.77. The van der Waals surface area contributed by atoms with Crippen LogP contribution in [-0.4, -0.2) is 67.5 Å². The number of nitrogens with zero attached hydrogens (tertiary/aromatic N) is 1. The summed E-state index contributed by atoms with van der Waals surface area (Å²) in [6, 6.07) is 0. The Balaban J connectivity index is 1.75. The summed E-state index contributed by atoms with van der Waals surface area (Å²) < 4.78 is 0. The second kappa shape index (κ2) is 7.92. The van der Waals surface area contributed by atoms with Gasteiger partial charge in [0.05, 0.1) is 12.3 Å². The SMILES string of the molecule is CCNCC1CCN(CNCC2(O)CCNCC2(C)C)C(=O)C1. The molecule has 1 amide bonds. The van der Waals surface area contributed by atoms with Crippen LogP contribution in [0.5, 0.6) is 0 Å². The molecular formula is C17H34N4O2. The fourth-order valence-electron chi connectivity index (χ4n) is 3.56. The highest BCUT2D eigenvalue weighted by atomic mass is 16.3. The van der Waals surface area contributed by atoms with Crippen molar-refractivity contribution in [3.8, 4) is 0 Å². The number of rotatable bonds is 7. The Hall–Kier alpha value is -0.690. The molecule has 0 radical (unpaired) electrons. The van der Waals surface area contributed by atoms with Gasteiger partial charge in [-0.3, -0.25) is 10.1 Å². The molecule has 2 atom stereocenters. The highest BCUT2D eigenvalue weighted by Crippen LogP contribution is 2.35. The molecular weight excluding hydrogens is 292 g/mol. The maximum atomic E-state index is 12.2. The second-order valence-corrected chi connectivity index (χ2v) is 7.75. The van der Waals surface area contributed by atoms with Crippen LogP contribution in [0, 0.1) is 11.3 Å². The van der Waals surface area contributed by atoms with E-state index < -0.39 is 5.60 Å². The van der Waals surface area contributed by atoms with E-state index in [-0.39, 0.29) is 11.3 Å². The number of hydrogen-bond donors (Lipinski definition) is 4. The van der Waals surface area contributed by atoms with Gasteiger partial charge in [-0.05, 0) is 38.4 Å². The average molecular weight is 326 g/mol. The van der Waals surface area contributed by atoms with Gasteiger partial charge < -0.3 is 20.6 Å². The zero-order chi connectivity index (χ0) is 16.9. The Morgan fingerprint density at radius 1 is 1.39 bits per heavy atom. The molecule has 0 aromatic rings. The molecule has 4 N–H and O–H groups in total. The second-order valence-electron chi connectivity index (χ2n) is 7.75. The van der Waals surface area contributed by atoms with Gasteiger partial charge in [-0.1, -0.05) is 20.8 Å². The molecule has 23 heavy (non-hydrogen) atoms. The van der Waals surface area contributed by atoms with Crippen LogP contribution in [-0.2, 0) is 4.79 Å². The summed E-state index contributed by atoms with van der Waals surface area (Å²) in [7, 11) is 0. The Labute approximate surface area is 140 Å². The van der Waals surface area contributed by atoms with Crippen molar-refractivity contribution in [1.82, 2.24) is 20.9 Å². The molecule has 2 fully saturated rings. The van der Waals surface area contributed by atoms with E-state index in [0.29, 0.717) is 25.6 Å². The van der Waals surface area contributed by atoms with Crippen molar-refractivity contribution in [2.45, 2.75) is 45.6 Å². The van der Waals surface area contributed by atoms with E-state index in [1.165, 1.54) is 0 Å². The molecule has 2 rings (SSSR count). The number of hydrogen-bond acceptors (Lipinski definition) is 5. The molecule has 6 heteroatoms. The first-order valence-corrected chi connectivity index (χ1v) is 9.00. The van der Waals surface area contributed by atoms with Crippen LogP contribution in [0.3, 0.4) is 0 Å². The Kier molecular flexibility index (Phi) is 6.42. The van der Waals surface area contributed by atoms with Gasteiger partial charge in [0.1, 0.15) is 0 Å². The molecule has 0 aromatic heterocycles. The number of likely N-dealkylation sites (tertiary alicyclic amines) is 1. The van der Waals surface area contributed by atoms with Crippen LogP contribution in [0.25, 0.3) is 0 Å². The molecule has 0 aliphatic carbocycles. The van der Waals surface area contributed by atoms with Crippen molar-refractivity contribution in [3.05, 3.63) is 0 Å². The number of carbonyl (C=O) groups excluding carboxylic acids is 1. The van der Waals surface area contributed by atoms with E-state index in [1.807, 2.05) is 4.90 Å². The predicted molar refractivity (Wildman–Crippen MR) is 92.1 cm³/mol. The fourth-order valence-corrected chi connectivity index (χ4v) is 3.56. The van der Waals surface area contributed by atoms with Gasteiger partial charge in [-0.2, -0.15) is 0 Å². The number of aliphatic hydroxyl groups is 1. The normalized spacial score (nSPS) is 31.4. The maximum Gasteiger partial charge on any atom is 0.223 e. The largest absolute Gasteiger partial charge is 0.388 e. The molecule has 2 heterocycles. The molecule has 0 spiro atoms. The highest BCUT2D eigenvalue weighted by Gasteiger charge is 2.44. The van der Waals surface area contributed by atoms with Gasteiger partial charge in [0.2, 0.25) is 5.91 Å². The fraction of sp³-hybridized carbons (Fsp3) is 0.941. The van der Waals surface area contributed by atoms with Crippen LogP contribution in [0.1, 0.15) is 40.0 Å². The van der Waals surface area contributed by atoms with E-state index in [9.17, 15) is 9.90 Å². The van der Waals surface area contributed by atoms with Crippen molar-refractivity contribution < 1.29 is 9.90 Å². The monoisotopic (exact) mass is 326 g/mol. The zero-order valence-electron chi connectivity index (χ0n) is 15.0. The summed E-state index contributed by atoms with van der Waals surface area (Å²) in [5, 5.41) is 20.9. The van der Waals surface area contributed by atoms with Crippen molar-refractivity contribution in [2.75, 3.05) is 45.9 Å². The first kappa shape index (κ1) is 18.6. The lowest BCUT2D eigenvalue weighted by atomic mass is 9.70. The quantitative estimate of drug-likeness (QED) is 0.535. The van der Waals surface area contributed by atoms with Crippen molar-refractivity contribution in [1.29, 1.82) is 0 Å².